The largest absolute Gasteiger partial charge is 0.307 e. The van der Waals surface area contributed by atoms with Gasteiger partial charge in [-0.25, -0.2) is 0 Å². The molecular formula is C20H25NO. The highest BCUT2D eigenvalue weighted by atomic mass is 16.1. The van der Waals surface area contributed by atoms with E-state index in [1.54, 1.807) is 0 Å². The molecule has 2 aromatic carbocycles. The van der Waals surface area contributed by atoms with Gasteiger partial charge >= 0.3 is 0 Å². The molecule has 0 aliphatic heterocycles. The van der Waals surface area contributed by atoms with Gasteiger partial charge in [-0.2, -0.15) is 0 Å². The second-order valence-corrected chi connectivity index (χ2v) is 6.17. The van der Waals surface area contributed by atoms with Gasteiger partial charge in [-0.1, -0.05) is 68.4 Å². The van der Waals surface area contributed by atoms with Crippen LogP contribution in [0.2, 0.25) is 0 Å². The first kappa shape index (κ1) is 16.4. The molecule has 2 nitrogen and oxygen atoms in total. The van der Waals surface area contributed by atoms with Gasteiger partial charge in [0.1, 0.15) is 0 Å². The fourth-order valence-electron chi connectivity index (χ4n) is 2.46. The molecule has 0 fully saturated rings. The van der Waals surface area contributed by atoms with Crippen molar-refractivity contribution in [1.82, 2.24) is 5.32 Å². The Morgan fingerprint density at radius 1 is 0.955 bits per heavy atom. The number of hydrogen-bond acceptors (Lipinski definition) is 2. The van der Waals surface area contributed by atoms with Gasteiger partial charge in [-0.15, -0.1) is 0 Å². The van der Waals surface area contributed by atoms with Crippen molar-refractivity contribution in [2.75, 3.05) is 6.54 Å². The number of carbonyl (C=O) groups is 1. The Bertz CT molecular complexity index is 587. The maximum absolute atomic E-state index is 12.2. The lowest BCUT2D eigenvalue weighted by molar-refractivity contribution is 0.0987. The van der Waals surface area contributed by atoms with E-state index in [-0.39, 0.29) is 11.8 Å². The molecule has 2 rings (SSSR count). The number of benzene rings is 2. The van der Waals surface area contributed by atoms with Crippen molar-refractivity contribution >= 4 is 5.78 Å². The Morgan fingerprint density at radius 3 is 2.18 bits per heavy atom. The van der Waals surface area contributed by atoms with E-state index in [9.17, 15) is 4.79 Å². The number of hydrogen-bond donors (Lipinski definition) is 1. The Hall–Kier alpha value is -1.93. The maximum atomic E-state index is 12.2. The summed E-state index contributed by atoms with van der Waals surface area (Å²) in [6.07, 6.45) is 0.931. The van der Waals surface area contributed by atoms with E-state index >= 15 is 0 Å². The minimum absolute atomic E-state index is 0.148. The summed E-state index contributed by atoms with van der Waals surface area (Å²) < 4.78 is 0. The van der Waals surface area contributed by atoms with Crippen LogP contribution in [0, 0.1) is 0 Å². The third-order valence-electron chi connectivity index (χ3n) is 3.90. The van der Waals surface area contributed by atoms with Gasteiger partial charge in [-0.3, -0.25) is 4.79 Å². The third kappa shape index (κ3) is 4.81. The van der Waals surface area contributed by atoms with Gasteiger partial charge in [0.05, 0.1) is 6.54 Å². The van der Waals surface area contributed by atoms with Crippen LogP contribution in [0.5, 0.6) is 0 Å². The number of ketones is 1. The average Bonchev–Trinajstić information content (AvgIpc) is 2.53. The lowest BCUT2D eigenvalue weighted by Gasteiger charge is -2.13. The number of rotatable bonds is 7. The normalized spacial score (nSPS) is 12.4. The lowest BCUT2D eigenvalue weighted by Crippen LogP contribution is -2.33. The topological polar surface area (TPSA) is 29.1 Å². The van der Waals surface area contributed by atoms with Crippen LogP contribution in [-0.2, 0) is 6.42 Å². The monoisotopic (exact) mass is 295 g/mol. The summed E-state index contributed by atoms with van der Waals surface area (Å²) in [4.78, 5) is 12.2. The Kier molecular flexibility index (Phi) is 5.91. The van der Waals surface area contributed by atoms with Crippen molar-refractivity contribution in [3.8, 4) is 0 Å². The fraction of sp³-hybridized carbons (Fsp3) is 0.350. The highest BCUT2D eigenvalue weighted by Gasteiger charge is 2.09. The van der Waals surface area contributed by atoms with E-state index in [0.717, 1.165) is 12.0 Å². The van der Waals surface area contributed by atoms with Crippen molar-refractivity contribution in [3.05, 3.63) is 71.3 Å². The molecule has 22 heavy (non-hydrogen) atoms. The summed E-state index contributed by atoms with van der Waals surface area (Å²) in [5, 5.41) is 3.32. The molecule has 0 saturated heterocycles. The quantitative estimate of drug-likeness (QED) is 0.775. The zero-order valence-electron chi connectivity index (χ0n) is 13.7. The molecule has 1 unspecified atom stereocenters. The molecule has 1 atom stereocenters. The summed E-state index contributed by atoms with van der Waals surface area (Å²) in [5.74, 6) is 0.642. The van der Waals surface area contributed by atoms with Crippen molar-refractivity contribution in [1.29, 1.82) is 0 Å². The molecule has 0 amide bonds. The van der Waals surface area contributed by atoms with Crippen LogP contribution in [-0.4, -0.2) is 18.4 Å². The first-order valence-corrected chi connectivity index (χ1v) is 7.96. The van der Waals surface area contributed by atoms with E-state index < -0.39 is 0 Å². The van der Waals surface area contributed by atoms with Crippen LogP contribution in [0.1, 0.15) is 48.2 Å². The zero-order valence-corrected chi connectivity index (χ0v) is 13.7. The van der Waals surface area contributed by atoms with Crippen molar-refractivity contribution in [2.24, 2.45) is 0 Å². The molecule has 1 N–H and O–H groups in total. The minimum atomic E-state index is 0.148. The highest BCUT2D eigenvalue weighted by molar-refractivity contribution is 5.97. The van der Waals surface area contributed by atoms with E-state index in [4.69, 9.17) is 0 Å². The Morgan fingerprint density at radius 2 is 1.59 bits per heavy atom. The second kappa shape index (κ2) is 7.90. The molecule has 2 heteroatoms. The summed E-state index contributed by atoms with van der Waals surface area (Å²) >= 11 is 0. The molecule has 116 valence electrons. The summed E-state index contributed by atoms with van der Waals surface area (Å²) in [5.41, 5.74) is 3.34. The highest BCUT2D eigenvalue weighted by Crippen LogP contribution is 2.14. The lowest BCUT2D eigenvalue weighted by atomic mass is 10.0. The van der Waals surface area contributed by atoms with Gasteiger partial charge in [-0.05, 0) is 30.4 Å². The molecule has 0 aliphatic carbocycles. The van der Waals surface area contributed by atoms with Crippen molar-refractivity contribution < 1.29 is 4.79 Å². The second-order valence-electron chi connectivity index (χ2n) is 6.17. The first-order chi connectivity index (χ1) is 10.6. The SMILES string of the molecule is CC(Cc1ccccc1)NCC(=O)c1ccc(C(C)C)cc1. The van der Waals surface area contributed by atoms with Gasteiger partial charge in [0.15, 0.2) is 5.78 Å². The van der Waals surface area contributed by atoms with Crippen LogP contribution < -0.4 is 5.32 Å². The molecule has 0 bridgehead atoms. The molecule has 0 aromatic heterocycles. The van der Waals surface area contributed by atoms with Gasteiger partial charge in [0.2, 0.25) is 0 Å². The molecule has 0 spiro atoms. The fourth-order valence-corrected chi connectivity index (χ4v) is 2.46. The van der Waals surface area contributed by atoms with Crippen LogP contribution >= 0.6 is 0 Å². The van der Waals surface area contributed by atoms with Gasteiger partial charge in [0, 0.05) is 11.6 Å². The minimum Gasteiger partial charge on any atom is -0.307 e. The van der Waals surface area contributed by atoms with E-state index in [1.165, 1.54) is 11.1 Å². The number of Topliss-reactive ketones (excluding diaryl/α,β-unsaturated/α-hetero) is 1. The van der Waals surface area contributed by atoms with Crippen molar-refractivity contribution in [3.63, 3.8) is 0 Å². The third-order valence-corrected chi connectivity index (χ3v) is 3.90. The van der Waals surface area contributed by atoms with E-state index in [2.05, 4.69) is 38.2 Å². The standard InChI is InChI=1S/C20H25NO/c1-15(2)18-9-11-19(12-10-18)20(22)14-21-16(3)13-17-7-5-4-6-8-17/h4-12,15-16,21H,13-14H2,1-3H3. The molecule has 0 radical (unpaired) electrons. The molecule has 0 heterocycles. The molecule has 2 aromatic rings. The van der Waals surface area contributed by atoms with Crippen LogP contribution in [0.15, 0.2) is 54.6 Å². The zero-order chi connectivity index (χ0) is 15.9. The summed E-state index contributed by atoms with van der Waals surface area (Å²) in [6.45, 7) is 6.81. The smallest absolute Gasteiger partial charge is 0.176 e. The first-order valence-electron chi connectivity index (χ1n) is 7.96. The van der Waals surface area contributed by atoms with Crippen LogP contribution in [0.3, 0.4) is 0 Å². The van der Waals surface area contributed by atoms with Crippen molar-refractivity contribution in [2.45, 2.75) is 39.2 Å². The average molecular weight is 295 g/mol. The summed E-state index contributed by atoms with van der Waals surface area (Å²) in [7, 11) is 0. The van der Waals surface area contributed by atoms with Crippen LogP contribution in [0.25, 0.3) is 0 Å². The molecule has 0 saturated carbocycles. The predicted octanol–water partition coefficient (Wildman–Crippen LogP) is 4.21. The Balaban J connectivity index is 1.84. The maximum Gasteiger partial charge on any atom is 0.176 e. The number of nitrogens with one attached hydrogen (secondary N) is 1. The summed E-state index contributed by atoms with van der Waals surface area (Å²) in [6, 6.07) is 18.6. The van der Waals surface area contributed by atoms with Crippen LogP contribution in [0.4, 0.5) is 0 Å². The van der Waals surface area contributed by atoms with E-state index in [0.29, 0.717) is 12.5 Å². The van der Waals surface area contributed by atoms with E-state index in [1.807, 2.05) is 42.5 Å². The molecular weight excluding hydrogens is 270 g/mol. The molecule has 0 aliphatic rings. The number of carbonyl (C=O) groups excluding carboxylic acids is 1. The van der Waals surface area contributed by atoms with Gasteiger partial charge in [0.25, 0.3) is 0 Å². The predicted molar refractivity (Wildman–Crippen MR) is 92.5 cm³/mol. The Labute approximate surface area is 133 Å². The van der Waals surface area contributed by atoms with Gasteiger partial charge < -0.3 is 5.32 Å².